The molecule has 1 amide bonds. The van der Waals surface area contributed by atoms with Crippen LogP contribution in [0.15, 0.2) is 22.7 Å². The third kappa shape index (κ3) is 5.12. The van der Waals surface area contributed by atoms with Crippen molar-refractivity contribution < 1.29 is 27.6 Å². The molecular weight excluding hydrogens is 337 g/mol. The number of rotatable bonds is 3. The van der Waals surface area contributed by atoms with Gasteiger partial charge in [0, 0.05) is 16.6 Å². The Balaban J connectivity index is 2.73. The molecule has 0 atom stereocenters. The number of non-ortho nitro benzene ring substituents is 1. The minimum atomic E-state index is -4.64. The van der Waals surface area contributed by atoms with Crippen LogP contribution in [-0.4, -0.2) is 23.8 Å². The summed E-state index contributed by atoms with van der Waals surface area (Å²) >= 11 is 2.98. The summed E-state index contributed by atoms with van der Waals surface area (Å²) in [6.45, 7) is -1.74. The number of alkyl halides is 3. The number of benzene rings is 1. The van der Waals surface area contributed by atoms with Crippen LogP contribution in [0.25, 0.3) is 0 Å². The van der Waals surface area contributed by atoms with Crippen molar-refractivity contribution in [2.45, 2.75) is 6.18 Å². The molecule has 0 aliphatic heterocycles. The predicted octanol–water partition coefficient (Wildman–Crippen LogP) is 3.47. The van der Waals surface area contributed by atoms with Gasteiger partial charge in [-0.25, -0.2) is 4.79 Å². The quantitative estimate of drug-likeness (QED) is 0.673. The lowest BCUT2D eigenvalue weighted by molar-refractivity contribution is -0.384. The Hall–Kier alpha value is -1.84. The predicted molar refractivity (Wildman–Crippen MR) is 61.8 cm³/mol. The van der Waals surface area contributed by atoms with Gasteiger partial charge in [-0.3, -0.25) is 15.4 Å². The van der Waals surface area contributed by atoms with Crippen molar-refractivity contribution >= 4 is 33.4 Å². The van der Waals surface area contributed by atoms with E-state index in [0.29, 0.717) is 0 Å². The Morgan fingerprint density at radius 2 is 2.11 bits per heavy atom. The van der Waals surface area contributed by atoms with Crippen LogP contribution in [0, 0.1) is 10.1 Å². The molecule has 0 bridgehead atoms. The fourth-order valence-electron chi connectivity index (χ4n) is 1.02. The molecule has 0 unspecified atom stereocenters. The number of carbonyl (C=O) groups excluding carboxylic acids is 1. The van der Waals surface area contributed by atoms with Gasteiger partial charge in [-0.15, -0.1) is 0 Å². The number of amides is 1. The second-order valence-electron chi connectivity index (χ2n) is 3.24. The van der Waals surface area contributed by atoms with E-state index in [1.54, 1.807) is 0 Å². The lowest BCUT2D eigenvalue weighted by atomic mass is 10.3. The second-order valence-corrected chi connectivity index (χ2v) is 4.09. The highest BCUT2D eigenvalue weighted by atomic mass is 79.9. The Labute approximate surface area is 112 Å². The number of nitrogens with one attached hydrogen (secondary N) is 1. The van der Waals surface area contributed by atoms with Crippen molar-refractivity contribution in [3.8, 4) is 0 Å². The number of nitro groups is 1. The van der Waals surface area contributed by atoms with E-state index < -0.39 is 23.8 Å². The molecule has 0 saturated heterocycles. The van der Waals surface area contributed by atoms with Crippen LogP contribution in [0.1, 0.15) is 0 Å². The lowest BCUT2D eigenvalue weighted by Crippen LogP contribution is -2.23. The van der Waals surface area contributed by atoms with Gasteiger partial charge in [-0.05, 0) is 22.0 Å². The lowest BCUT2D eigenvalue weighted by Gasteiger charge is -2.10. The van der Waals surface area contributed by atoms with E-state index in [-0.39, 0.29) is 15.8 Å². The van der Waals surface area contributed by atoms with Crippen LogP contribution in [0.4, 0.5) is 29.3 Å². The number of carbonyl (C=O) groups is 1. The molecule has 0 aliphatic rings. The molecule has 0 saturated carbocycles. The molecule has 0 spiro atoms. The summed E-state index contributed by atoms with van der Waals surface area (Å²) in [7, 11) is 0. The molecule has 0 fully saturated rings. The number of anilines is 1. The third-order valence-electron chi connectivity index (χ3n) is 1.76. The second kappa shape index (κ2) is 5.87. The number of ether oxygens (including phenoxy) is 1. The fraction of sp³-hybridized carbons (Fsp3) is 0.222. The number of nitro benzene ring substituents is 1. The normalized spacial score (nSPS) is 10.9. The van der Waals surface area contributed by atoms with Gasteiger partial charge in [0.15, 0.2) is 6.61 Å². The summed E-state index contributed by atoms with van der Waals surface area (Å²) in [6, 6.07) is 3.42. The van der Waals surface area contributed by atoms with Crippen molar-refractivity contribution in [1.29, 1.82) is 0 Å². The van der Waals surface area contributed by atoms with Crippen LogP contribution in [0.3, 0.4) is 0 Å². The first-order valence-electron chi connectivity index (χ1n) is 4.63. The molecular formula is C9H6BrF3N2O4. The van der Waals surface area contributed by atoms with Gasteiger partial charge in [0.1, 0.15) is 0 Å². The first-order valence-corrected chi connectivity index (χ1v) is 5.43. The van der Waals surface area contributed by atoms with E-state index >= 15 is 0 Å². The minimum absolute atomic E-state index is 0.0682. The Bertz CT molecular complexity index is 507. The maximum absolute atomic E-state index is 11.8. The summed E-state index contributed by atoms with van der Waals surface area (Å²) in [5, 5.41) is 12.5. The van der Waals surface area contributed by atoms with Gasteiger partial charge in [-0.1, -0.05) is 0 Å². The van der Waals surface area contributed by atoms with Crippen molar-refractivity contribution in [3.63, 3.8) is 0 Å². The minimum Gasteiger partial charge on any atom is -0.440 e. The van der Waals surface area contributed by atoms with Gasteiger partial charge >= 0.3 is 12.3 Å². The van der Waals surface area contributed by atoms with Gasteiger partial charge in [0.25, 0.3) is 5.69 Å². The van der Waals surface area contributed by atoms with E-state index in [1.165, 1.54) is 6.07 Å². The fourth-order valence-corrected chi connectivity index (χ4v) is 1.36. The number of hydrogen-bond donors (Lipinski definition) is 1. The van der Waals surface area contributed by atoms with Crippen LogP contribution in [0.2, 0.25) is 0 Å². The topological polar surface area (TPSA) is 81.5 Å². The summed E-state index contributed by atoms with van der Waals surface area (Å²) < 4.78 is 39.6. The molecule has 1 N–H and O–H groups in total. The van der Waals surface area contributed by atoms with Crippen molar-refractivity contribution in [2.75, 3.05) is 11.9 Å². The first kappa shape index (κ1) is 15.2. The molecule has 1 aromatic carbocycles. The molecule has 0 heterocycles. The van der Waals surface area contributed by atoms with Gasteiger partial charge < -0.3 is 4.74 Å². The highest BCUT2D eigenvalue weighted by Gasteiger charge is 2.29. The monoisotopic (exact) mass is 342 g/mol. The van der Waals surface area contributed by atoms with E-state index in [9.17, 15) is 28.1 Å². The largest absolute Gasteiger partial charge is 0.440 e. The van der Waals surface area contributed by atoms with Crippen molar-refractivity contribution in [2.24, 2.45) is 0 Å². The number of hydrogen-bond acceptors (Lipinski definition) is 4. The van der Waals surface area contributed by atoms with Gasteiger partial charge in [0.05, 0.1) is 10.6 Å². The molecule has 0 radical (unpaired) electrons. The smallest absolute Gasteiger partial charge is 0.422 e. The maximum atomic E-state index is 11.8. The van der Waals surface area contributed by atoms with E-state index in [1.807, 2.05) is 5.32 Å². The average molecular weight is 343 g/mol. The van der Waals surface area contributed by atoms with E-state index in [4.69, 9.17) is 0 Å². The summed E-state index contributed by atoms with van der Waals surface area (Å²) in [6.07, 6.45) is -6.00. The third-order valence-corrected chi connectivity index (χ3v) is 2.46. The van der Waals surface area contributed by atoms with Crippen molar-refractivity contribution in [3.05, 3.63) is 32.8 Å². The van der Waals surface area contributed by atoms with E-state index in [2.05, 4.69) is 20.7 Å². The van der Waals surface area contributed by atoms with Crippen LogP contribution in [-0.2, 0) is 4.74 Å². The molecule has 19 heavy (non-hydrogen) atoms. The molecule has 10 heteroatoms. The standard InChI is InChI=1S/C9H6BrF3N2O4/c10-6-2-1-5(15(17)18)3-7(6)14-8(16)19-4-9(11,12)13/h1-3H,4H2,(H,14,16). The van der Waals surface area contributed by atoms with E-state index in [0.717, 1.165) is 12.1 Å². The number of nitrogens with zero attached hydrogens (tertiary/aromatic N) is 1. The Kier molecular flexibility index (Phi) is 4.70. The summed E-state index contributed by atoms with van der Waals surface area (Å²) in [4.78, 5) is 20.9. The van der Waals surface area contributed by atoms with Crippen LogP contribution >= 0.6 is 15.9 Å². The Morgan fingerprint density at radius 1 is 1.47 bits per heavy atom. The van der Waals surface area contributed by atoms with Crippen LogP contribution < -0.4 is 5.32 Å². The zero-order chi connectivity index (χ0) is 14.6. The maximum Gasteiger partial charge on any atom is 0.422 e. The Morgan fingerprint density at radius 3 is 2.63 bits per heavy atom. The summed E-state index contributed by atoms with van der Waals surface area (Å²) in [5.41, 5.74) is -0.393. The van der Waals surface area contributed by atoms with Crippen LogP contribution in [0.5, 0.6) is 0 Å². The highest BCUT2D eigenvalue weighted by Crippen LogP contribution is 2.27. The SMILES string of the molecule is O=C(Nc1cc([N+](=O)[O-])ccc1Br)OCC(F)(F)F. The molecule has 0 aromatic heterocycles. The molecule has 0 aliphatic carbocycles. The molecule has 104 valence electrons. The average Bonchev–Trinajstić information content (AvgIpc) is 2.28. The van der Waals surface area contributed by atoms with Gasteiger partial charge in [0.2, 0.25) is 0 Å². The number of halogens is 4. The first-order chi connectivity index (χ1) is 8.69. The molecule has 6 nitrogen and oxygen atoms in total. The molecule has 1 rings (SSSR count). The zero-order valence-corrected chi connectivity index (χ0v) is 10.6. The molecule has 1 aromatic rings. The highest BCUT2D eigenvalue weighted by molar-refractivity contribution is 9.10. The van der Waals surface area contributed by atoms with Crippen molar-refractivity contribution in [1.82, 2.24) is 0 Å². The summed E-state index contributed by atoms with van der Waals surface area (Å²) in [5.74, 6) is 0. The van der Waals surface area contributed by atoms with Gasteiger partial charge in [-0.2, -0.15) is 13.2 Å². The zero-order valence-electron chi connectivity index (χ0n) is 9.03.